The molecule has 0 saturated heterocycles. The molecule has 1 amide bonds. The van der Waals surface area contributed by atoms with E-state index in [1.165, 1.54) is 0 Å². The summed E-state index contributed by atoms with van der Waals surface area (Å²) >= 11 is 5.88. The summed E-state index contributed by atoms with van der Waals surface area (Å²) in [6, 6.07) is 10.6. The molecule has 0 saturated carbocycles. The third-order valence-electron chi connectivity index (χ3n) is 4.97. The number of ether oxygens (including phenoxy) is 1. The highest BCUT2D eigenvalue weighted by molar-refractivity contribution is 6.30. The molecule has 1 aromatic carbocycles. The van der Waals surface area contributed by atoms with Gasteiger partial charge in [-0.1, -0.05) is 11.6 Å². The van der Waals surface area contributed by atoms with Crippen molar-refractivity contribution in [3.63, 3.8) is 0 Å². The Labute approximate surface area is 187 Å². The van der Waals surface area contributed by atoms with Crippen LogP contribution >= 0.6 is 11.6 Å². The van der Waals surface area contributed by atoms with Crippen molar-refractivity contribution in [2.45, 2.75) is 40.2 Å². The summed E-state index contributed by atoms with van der Waals surface area (Å²) in [6.45, 7) is 10.3. The molecule has 0 atom stereocenters. The van der Waals surface area contributed by atoms with E-state index in [1.54, 1.807) is 42.8 Å². The molecule has 2 aromatic heterocycles. The third kappa shape index (κ3) is 5.52. The first kappa shape index (κ1) is 22.6. The van der Waals surface area contributed by atoms with Crippen LogP contribution in [0.2, 0.25) is 5.02 Å². The predicted molar refractivity (Wildman–Crippen MR) is 121 cm³/mol. The number of hydrogen-bond acceptors (Lipinski definition) is 6. The summed E-state index contributed by atoms with van der Waals surface area (Å²) in [7, 11) is 0. The molecule has 3 rings (SSSR count). The van der Waals surface area contributed by atoms with Crippen molar-refractivity contribution in [2.24, 2.45) is 0 Å². The van der Waals surface area contributed by atoms with Crippen LogP contribution in [0.5, 0.6) is 5.75 Å². The number of halogens is 1. The van der Waals surface area contributed by atoms with Gasteiger partial charge in [0.2, 0.25) is 0 Å². The van der Waals surface area contributed by atoms with E-state index in [2.05, 4.69) is 25.9 Å². The number of hydrogen-bond donors (Lipinski definition) is 2. The van der Waals surface area contributed by atoms with Gasteiger partial charge in [-0.05, 0) is 76.6 Å². The summed E-state index contributed by atoms with van der Waals surface area (Å²) in [4.78, 5) is 12.5. The van der Waals surface area contributed by atoms with Crippen LogP contribution in [0.1, 0.15) is 30.8 Å². The lowest BCUT2D eigenvalue weighted by atomic mass is 10.1. The highest BCUT2D eigenvalue weighted by Gasteiger charge is 2.29. The van der Waals surface area contributed by atoms with Gasteiger partial charge in [-0.15, -0.1) is 10.2 Å². The van der Waals surface area contributed by atoms with Gasteiger partial charge in [0.15, 0.2) is 11.4 Å². The fourth-order valence-electron chi connectivity index (χ4n) is 2.90. The Morgan fingerprint density at radius 1 is 1.06 bits per heavy atom. The summed E-state index contributed by atoms with van der Waals surface area (Å²) in [5.74, 6) is 1.64. The zero-order valence-corrected chi connectivity index (χ0v) is 19.1. The minimum Gasteiger partial charge on any atom is -0.478 e. The van der Waals surface area contributed by atoms with Crippen LogP contribution in [-0.4, -0.2) is 44.6 Å². The molecule has 2 N–H and O–H groups in total. The van der Waals surface area contributed by atoms with E-state index in [4.69, 9.17) is 16.3 Å². The Morgan fingerprint density at radius 2 is 1.77 bits per heavy atom. The van der Waals surface area contributed by atoms with E-state index < -0.39 is 5.60 Å². The predicted octanol–water partition coefficient (Wildman–Crippen LogP) is 3.63. The first-order chi connectivity index (χ1) is 14.7. The molecule has 3 aromatic rings. The molecule has 2 heterocycles. The van der Waals surface area contributed by atoms with E-state index in [0.29, 0.717) is 35.5 Å². The highest BCUT2D eigenvalue weighted by Crippen LogP contribution is 2.21. The SMILES string of the molecule is Cc1nn(-c2ccc(NCCNC(=O)C(C)(C)Oc3ccc(Cl)cc3)nn2)c(C)c1C. The summed E-state index contributed by atoms with van der Waals surface area (Å²) in [6.07, 6.45) is 0. The van der Waals surface area contributed by atoms with E-state index in [-0.39, 0.29) is 5.91 Å². The van der Waals surface area contributed by atoms with Crippen LogP contribution in [0.4, 0.5) is 5.82 Å². The Bertz CT molecular complexity index is 1050. The maximum Gasteiger partial charge on any atom is 0.263 e. The molecular weight excluding hydrogens is 416 g/mol. The first-order valence-corrected chi connectivity index (χ1v) is 10.4. The highest BCUT2D eigenvalue weighted by atomic mass is 35.5. The van der Waals surface area contributed by atoms with Gasteiger partial charge in [-0.2, -0.15) is 5.10 Å². The first-order valence-electron chi connectivity index (χ1n) is 10.0. The molecule has 0 bridgehead atoms. The van der Waals surface area contributed by atoms with E-state index in [1.807, 2.05) is 32.9 Å². The average Bonchev–Trinajstić information content (AvgIpc) is 3.00. The van der Waals surface area contributed by atoms with Crippen molar-refractivity contribution in [3.05, 3.63) is 58.4 Å². The lowest BCUT2D eigenvalue weighted by Gasteiger charge is -2.25. The zero-order chi connectivity index (χ0) is 22.6. The standard InChI is InChI=1S/C22H27ClN6O2/c1-14-15(2)28-29(16(14)3)20-11-10-19(26-27-20)24-12-13-25-21(30)22(4,5)31-18-8-6-17(23)7-9-18/h6-11H,12-13H2,1-5H3,(H,24,26)(H,25,30). The number of rotatable bonds is 8. The number of carbonyl (C=O) groups excluding carboxylic acids is 1. The van der Waals surface area contributed by atoms with Gasteiger partial charge in [0.05, 0.1) is 5.69 Å². The van der Waals surface area contributed by atoms with Gasteiger partial charge < -0.3 is 15.4 Å². The second kappa shape index (κ2) is 9.34. The Balaban J connectivity index is 1.48. The molecule has 9 heteroatoms. The summed E-state index contributed by atoms with van der Waals surface area (Å²) in [5, 5.41) is 19.5. The minimum absolute atomic E-state index is 0.217. The number of nitrogens with one attached hydrogen (secondary N) is 2. The number of anilines is 1. The monoisotopic (exact) mass is 442 g/mol. The van der Waals surface area contributed by atoms with Crippen molar-refractivity contribution >= 4 is 23.3 Å². The molecular formula is C22H27ClN6O2. The molecule has 0 radical (unpaired) electrons. The van der Waals surface area contributed by atoms with Gasteiger partial charge in [-0.3, -0.25) is 4.79 Å². The maximum absolute atomic E-state index is 12.5. The van der Waals surface area contributed by atoms with Crippen molar-refractivity contribution < 1.29 is 9.53 Å². The molecule has 0 fully saturated rings. The third-order valence-corrected chi connectivity index (χ3v) is 5.22. The Morgan fingerprint density at radius 3 is 2.35 bits per heavy atom. The summed E-state index contributed by atoms with van der Waals surface area (Å²) in [5.41, 5.74) is 2.13. The summed E-state index contributed by atoms with van der Waals surface area (Å²) < 4.78 is 7.57. The van der Waals surface area contributed by atoms with Crippen LogP contribution in [-0.2, 0) is 4.79 Å². The topological polar surface area (TPSA) is 94.0 Å². The van der Waals surface area contributed by atoms with E-state index in [0.717, 1.165) is 17.0 Å². The lowest BCUT2D eigenvalue weighted by molar-refractivity contribution is -0.134. The number of aromatic nitrogens is 4. The van der Waals surface area contributed by atoms with E-state index >= 15 is 0 Å². The number of nitrogens with zero attached hydrogens (tertiary/aromatic N) is 4. The fraction of sp³-hybridized carbons (Fsp3) is 0.364. The zero-order valence-electron chi connectivity index (χ0n) is 18.4. The van der Waals surface area contributed by atoms with Crippen LogP contribution in [0.25, 0.3) is 5.82 Å². The molecule has 0 aliphatic carbocycles. The number of benzene rings is 1. The van der Waals surface area contributed by atoms with Crippen molar-refractivity contribution in [1.82, 2.24) is 25.3 Å². The molecule has 0 spiro atoms. The van der Waals surface area contributed by atoms with Gasteiger partial charge in [-0.25, -0.2) is 4.68 Å². The average molecular weight is 443 g/mol. The van der Waals surface area contributed by atoms with Crippen molar-refractivity contribution in [1.29, 1.82) is 0 Å². The largest absolute Gasteiger partial charge is 0.478 e. The Hall–Kier alpha value is -3.13. The molecule has 8 nitrogen and oxygen atoms in total. The van der Waals surface area contributed by atoms with Gasteiger partial charge in [0.1, 0.15) is 11.6 Å². The second-order valence-electron chi connectivity index (χ2n) is 7.73. The van der Waals surface area contributed by atoms with Gasteiger partial charge in [0, 0.05) is 23.8 Å². The molecule has 164 valence electrons. The number of amides is 1. The number of carbonyl (C=O) groups is 1. The smallest absolute Gasteiger partial charge is 0.263 e. The van der Waals surface area contributed by atoms with Crippen LogP contribution in [0.15, 0.2) is 36.4 Å². The van der Waals surface area contributed by atoms with Gasteiger partial charge in [0.25, 0.3) is 5.91 Å². The maximum atomic E-state index is 12.5. The normalized spacial score (nSPS) is 11.3. The van der Waals surface area contributed by atoms with Crippen LogP contribution < -0.4 is 15.4 Å². The lowest BCUT2D eigenvalue weighted by Crippen LogP contribution is -2.47. The molecule has 0 unspecified atom stereocenters. The minimum atomic E-state index is -1.02. The quantitative estimate of drug-likeness (QED) is 0.517. The number of aryl methyl sites for hydroxylation is 1. The van der Waals surface area contributed by atoms with Gasteiger partial charge >= 0.3 is 0 Å². The fourth-order valence-corrected chi connectivity index (χ4v) is 3.03. The van der Waals surface area contributed by atoms with Crippen LogP contribution in [0, 0.1) is 20.8 Å². The van der Waals surface area contributed by atoms with E-state index in [9.17, 15) is 4.79 Å². The van der Waals surface area contributed by atoms with Crippen LogP contribution in [0.3, 0.4) is 0 Å². The molecule has 0 aliphatic rings. The molecule has 0 aliphatic heterocycles. The molecule has 31 heavy (non-hydrogen) atoms. The van der Waals surface area contributed by atoms with Crippen molar-refractivity contribution in [2.75, 3.05) is 18.4 Å². The van der Waals surface area contributed by atoms with Crippen molar-refractivity contribution in [3.8, 4) is 11.6 Å². The second-order valence-corrected chi connectivity index (χ2v) is 8.17. The Kier molecular flexibility index (Phi) is 6.80.